The maximum Gasteiger partial charge on any atom is 0.343 e. The van der Waals surface area contributed by atoms with Gasteiger partial charge in [-0.1, -0.05) is 35.9 Å². The standard InChI is InChI=1S/C21H18N2O4S/c1-16-7-13-20(14-8-16)28(25,26)23-22-15-17-9-11-19(12-10-17)27-21(24)18-5-3-2-4-6-18/h2-15,23H,1H3/b22-15-. The summed E-state index contributed by atoms with van der Waals surface area (Å²) in [5.74, 6) is -0.0703. The predicted octanol–water partition coefficient (Wildman–Crippen LogP) is 3.53. The van der Waals surface area contributed by atoms with Crippen LogP contribution in [-0.2, 0) is 10.0 Å². The Bertz CT molecular complexity index is 1080. The van der Waals surface area contributed by atoms with Crippen LogP contribution < -0.4 is 9.57 Å². The molecule has 0 spiro atoms. The Morgan fingerprint density at radius 2 is 1.57 bits per heavy atom. The van der Waals surface area contributed by atoms with Gasteiger partial charge in [-0.25, -0.2) is 9.63 Å². The van der Waals surface area contributed by atoms with Gasteiger partial charge >= 0.3 is 5.97 Å². The number of carbonyl (C=O) groups excluding carboxylic acids is 1. The highest BCUT2D eigenvalue weighted by atomic mass is 32.2. The zero-order chi connectivity index (χ0) is 20.0. The molecule has 142 valence electrons. The first-order valence-electron chi connectivity index (χ1n) is 8.43. The summed E-state index contributed by atoms with van der Waals surface area (Å²) in [5, 5.41) is 3.78. The third kappa shape index (κ3) is 5.05. The van der Waals surface area contributed by atoms with Crippen molar-refractivity contribution in [3.05, 3.63) is 95.6 Å². The Hall–Kier alpha value is -3.45. The Morgan fingerprint density at radius 1 is 0.929 bits per heavy atom. The fourth-order valence-corrected chi connectivity index (χ4v) is 3.09. The lowest BCUT2D eigenvalue weighted by molar-refractivity contribution is 0.0734. The zero-order valence-corrected chi connectivity index (χ0v) is 15.9. The number of nitrogens with zero attached hydrogens (tertiary/aromatic N) is 1. The number of ether oxygens (including phenoxy) is 1. The normalized spacial score (nSPS) is 11.3. The molecule has 0 aromatic heterocycles. The van der Waals surface area contributed by atoms with Gasteiger partial charge in [-0.2, -0.15) is 13.5 Å². The monoisotopic (exact) mass is 394 g/mol. The van der Waals surface area contributed by atoms with Gasteiger partial charge in [0.2, 0.25) is 0 Å². The van der Waals surface area contributed by atoms with Gasteiger partial charge in [-0.3, -0.25) is 0 Å². The number of benzene rings is 3. The predicted molar refractivity (Wildman–Crippen MR) is 107 cm³/mol. The number of carbonyl (C=O) groups is 1. The molecule has 0 unspecified atom stereocenters. The topological polar surface area (TPSA) is 84.8 Å². The molecule has 3 aromatic carbocycles. The van der Waals surface area contributed by atoms with E-state index in [0.717, 1.165) is 5.56 Å². The van der Waals surface area contributed by atoms with Crippen molar-refractivity contribution < 1.29 is 17.9 Å². The molecule has 0 fully saturated rings. The molecule has 0 aliphatic carbocycles. The summed E-state index contributed by atoms with van der Waals surface area (Å²) in [4.78, 5) is 14.3. The summed E-state index contributed by atoms with van der Waals surface area (Å²) >= 11 is 0. The average molecular weight is 394 g/mol. The van der Waals surface area contributed by atoms with Crippen LogP contribution in [0.3, 0.4) is 0 Å². The molecule has 0 aliphatic heterocycles. The van der Waals surface area contributed by atoms with Crippen molar-refractivity contribution in [2.75, 3.05) is 0 Å². The molecule has 28 heavy (non-hydrogen) atoms. The number of esters is 1. The van der Waals surface area contributed by atoms with Crippen molar-refractivity contribution >= 4 is 22.2 Å². The minimum absolute atomic E-state index is 0.137. The van der Waals surface area contributed by atoms with Crippen LogP contribution in [0.25, 0.3) is 0 Å². The van der Waals surface area contributed by atoms with Gasteiger partial charge in [-0.15, -0.1) is 0 Å². The number of hydrogen-bond donors (Lipinski definition) is 1. The highest BCUT2D eigenvalue weighted by Gasteiger charge is 2.11. The number of hydrogen-bond acceptors (Lipinski definition) is 5. The fourth-order valence-electron chi connectivity index (χ4n) is 2.30. The lowest BCUT2D eigenvalue weighted by atomic mass is 10.2. The third-order valence-corrected chi connectivity index (χ3v) is 5.06. The second kappa shape index (κ2) is 8.49. The van der Waals surface area contributed by atoms with E-state index in [1.807, 2.05) is 13.0 Å². The third-order valence-electron chi connectivity index (χ3n) is 3.82. The first-order valence-corrected chi connectivity index (χ1v) is 9.91. The number of rotatable bonds is 6. The Labute approximate surface area is 163 Å². The van der Waals surface area contributed by atoms with E-state index in [1.165, 1.54) is 18.3 Å². The molecule has 0 atom stereocenters. The summed E-state index contributed by atoms with van der Waals surface area (Å²) in [7, 11) is -3.72. The molecule has 0 aliphatic rings. The SMILES string of the molecule is Cc1ccc(S(=O)(=O)N/N=C\c2ccc(OC(=O)c3ccccc3)cc2)cc1. The van der Waals surface area contributed by atoms with Gasteiger partial charge < -0.3 is 4.74 Å². The van der Waals surface area contributed by atoms with Crippen LogP contribution in [0.5, 0.6) is 5.75 Å². The Morgan fingerprint density at radius 3 is 2.21 bits per heavy atom. The Balaban J connectivity index is 1.61. The lowest BCUT2D eigenvalue weighted by Gasteiger charge is -2.05. The fraction of sp³-hybridized carbons (Fsp3) is 0.0476. The van der Waals surface area contributed by atoms with Crippen molar-refractivity contribution in [2.45, 2.75) is 11.8 Å². The molecule has 1 N–H and O–H groups in total. The van der Waals surface area contributed by atoms with E-state index in [0.29, 0.717) is 16.9 Å². The van der Waals surface area contributed by atoms with Crippen molar-refractivity contribution in [1.82, 2.24) is 4.83 Å². The largest absolute Gasteiger partial charge is 0.423 e. The van der Waals surface area contributed by atoms with Crippen molar-refractivity contribution in [2.24, 2.45) is 5.10 Å². The molecule has 0 saturated heterocycles. The van der Waals surface area contributed by atoms with Crippen LogP contribution in [0.2, 0.25) is 0 Å². The molecule has 0 heterocycles. The van der Waals surface area contributed by atoms with Crippen LogP contribution in [0, 0.1) is 6.92 Å². The van der Waals surface area contributed by atoms with Gasteiger partial charge in [0, 0.05) is 0 Å². The van der Waals surface area contributed by atoms with E-state index in [4.69, 9.17) is 4.74 Å². The quantitative estimate of drug-likeness (QED) is 0.300. The van der Waals surface area contributed by atoms with Gasteiger partial charge in [-0.05, 0) is 61.0 Å². The smallest absolute Gasteiger partial charge is 0.343 e. The van der Waals surface area contributed by atoms with Crippen molar-refractivity contribution in [3.63, 3.8) is 0 Å². The average Bonchev–Trinajstić information content (AvgIpc) is 2.70. The summed E-state index contributed by atoms with van der Waals surface area (Å²) in [6.45, 7) is 1.88. The molecule has 3 aromatic rings. The molecular weight excluding hydrogens is 376 g/mol. The zero-order valence-electron chi connectivity index (χ0n) is 15.1. The summed E-state index contributed by atoms with van der Waals surface area (Å²) in [6.07, 6.45) is 1.37. The van der Waals surface area contributed by atoms with Gasteiger partial charge in [0.05, 0.1) is 16.7 Å². The molecule has 0 bridgehead atoms. The first kappa shape index (κ1) is 19.3. The lowest BCUT2D eigenvalue weighted by Crippen LogP contribution is -2.18. The minimum Gasteiger partial charge on any atom is -0.423 e. The van der Waals surface area contributed by atoms with Crippen LogP contribution in [0.15, 0.2) is 88.9 Å². The van der Waals surface area contributed by atoms with Crippen molar-refractivity contribution in [1.29, 1.82) is 0 Å². The van der Waals surface area contributed by atoms with E-state index in [9.17, 15) is 13.2 Å². The molecule has 6 nitrogen and oxygen atoms in total. The number of hydrazone groups is 1. The molecule has 7 heteroatoms. The molecule has 0 amide bonds. The number of sulfonamides is 1. The molecule has 3 rings (SSSR count). The second-order valence-corrected chi connectivity index (χ2v) is 7.65. The minimum atomic E-state index is -3.72. The number of aryl methyl sites for hydroxylation is 1. The second-order valence-electron chi connectivity index (χ2n) is 5.99. The van der Waals surface area contributed by atoms with Gasteiger partial charge in [0.25, 0.3) is 10.0 Å². The van der Waals surface area contributed by atoms with Gasteiger partial charge in [0.1, 0.15) is 5.75 Å². The maximum absolute atomic E-state index is 12.2. The summed E-state index contributed by atoms with van der Waals surface area (Å²) in [5.41, 5.74) is 2.07. The van der Waals surface area contributed by atoms with E-state index in [-0.39, 0.29) is 4.90 Å². The van der Waals surface area contributed by atoms with Crippen LogP contribution in [-0.4, -0.2) is 20.6 Å². The van der Waals surface area contributed by atoms with Crippen LogP contribution >= 0.6 is 0 Å². The van der Waals surface area contributed by atoms with Gasteiger partial charge in [0.15, 0.2) is 0 Å². The molecule has 0 saturated carbocycles. The first-order chi connectivity index (χ1) is 13.4. The highest BCUT2D eigenvalue weighted by Crippen LogP contribution is 2.14. The summed E-state index contributed by atoms with van der Waals surface area (Å²) < 4.78 is 29.6. The summed E-state index contributed by atoms with van der Waals surface area (Å²) in [6, 6.07) is 21.7. The maximum atomic E-state index is 12.2. The molecule has 0 radical (unpaired) electrons. The Kier molecular flexibility index (Phi) is 5.86. The number of nitrogens with one attached hydrogen (secondary N) is 1. The van der Waals surface area contributed by atoms with E-state index in [1.54, 1.807) is 60.7 Å². The van der Waals surface area contributed by atoms with Crippen LogP contribution in [0.1, 0.15) is 21.5 Å². The van der Waals surface area contributed by atoms with E-state index in [2.05, 4.69) is 9.93 Å². The molecular formula is C21H18N2O4S. The van der Waals surface area contributed by atoms with Crippen molar-refractivity contribution in [3.8, 4) is 5.75 Å². The highest BCUT2D eigenvalue weighted by molar-refractivity contribution is 7.89. The van der Waals surface area contributed by atoms with Crippen LogP contribution in [0.4, 0.5) is 0 Å². The van der Waals surface area contributed by atoms with E-state index < -0.39 is 16.0 Å². The van der Waals surface area contributed by atoms with E-state index >= 15 is 0 Å².